The Morgan fingerprint density at radius 3 is 3.00 bits per heavy atom. The van der Waals surface area contributed by atoms with Crippen molar-refractivity contribution in [3.8, 4) is 0 Å². The van der Waals surface area contributed by atoms with Crippen LogP contribution in [0.4, 0.5) is 4.39 Å². The van der Waals surface area contributed by atoms with Crippen molar-refractivity contribution in [2.24, 2.45) is 0 Å². The van der Waals surface area contributed by atoms with E-state index in [1.165, 1.54) is 12.1 Å². The molecule has 1 fully saturated rings. The van der Waals surface area contributed by atoms with Crippen molar-refractivity contribution in [2.45, 2.75) is 31.3 Å². The van der Waals surface area contributed by atoms with Gasteiger partial charge in [0.25, 0.3) is 5.91 Å². The number of benzene rings is 1. The lowest BCUT2D eigenvalue weighted by atomic mass is 10.1. The molecule has 3 heteroatoms. The van der Waals surface area contributed by atoms with Crippen molar-refractivity contribution in [2.75, 3.05) is 0 Å². The molecule has 1 aromatic rings. The molecule has 88 valence electrons. The van der Waals surface area contributed by atoms with Crippen LogP contribution in [0.5, 0.6) is 0 Å². The first kappa shape index (κ1) is 10.5. The number of carbonyl (C=O) groups excluding carboxylic acids is 1. The Balaban J connectivity index is 1.90. The molecule has 2 unspecified atom stereocenters. The van der Waals surface area contributed by atoms with Gasteiger partial charge < -0.3 is 4.90 Å². The van der Waals surface area contributed by atoms with Crippen LogP contribution in [-0.2, 0) is 0 Å². The highest BCUT2D eigenvalue weighted by molar-refractivity contribution is 5.95. The van der Waals surface area contributed by atoms with Crippen LogP contribution in [0.3, 0.4) is 0 Å². The molecular formula is C14H14FNO. The molecule has 1 saturated heterocycles. The Bertz CT molecular complexity index is 483. The van der Waals surface area contributed by atoms with Crippen LogP contribution < -0.4 is 0 Å². The summed E-state index contributed by atoms with van der Waals surface area (Å²) in [6, 6.07) is 6.47. The summed E-state index contributed by atoms with van der Waals surface area (Å²) in [5.41, 5.74) is 0.456. The van der Waals surface area contributed by atoms with Gasteiger partial charge in [-0.2, -0.15) is 0 Å². The maximum Gasteiger partial charge on any atom is 0.254 e. The predicted octanol–water partition coefficient (Wildman–Crippen LogP) is 2.76. The molecule has 0 aliphatic carbocycles. The Hall–Kier alpha value is -1.64. The zero-order chi connectivity index (χ0) is 11.8. The van der Waals surface area contributed by atoms with Crippen molar-refractivity contribution >= 4 is 5.91 Å². The van der Waals surface area contributed by atoms with E-state index in [0.29, 0.717) is 11.6 Å². The second-order valence-corrected chi connectivity index (χ2v) is 4.69. The molecule has 1 amide bonds. The SMILES string of the molecule is O=C(c1cccc(F)c1)N1C2C=CCC1CC2. The van der Waals surface area contributed by atoms with E-state index in [-0.39, 0.29) is 17.8 Å². The van der Waals surface area contributed by atoms with Gasteiger partial charge in [0.05, 0.1) is 6.04 Å². The third-order valence-corrected chi connectivity index (χ3v) is 3.62. The summed E-state index contributed by atoms with van der Waals surface area (Å²) in [5, 5.41) is 0. The van der Waals surface area contributed by atoms with Gasteiger partial charge in [-0.05, 0) is 37.5 Å². The highest BCUT2D eigenvalue weighted by Crippen LogP contribution is 2.32. The quantitative estimate of drug-likeness (QED) is 0.680. The number of fused-ring (bicyclic) bond motifs is 2. The molecule has 0 N–H and O–H groups in total. The molecule has 0 aromatic heterocycles. The van der Waals surface area contributed by atoms with Gasteiger partial charge in [-0.15, -0.1) is 0 Å². The molecule has 2 bridgehead atoms. The first-order valence-electron chi connectivity index (χ1n) is 6.00. The minimum atomic E-state index is -0.351. The number of hydrogen-bond donors (Lipinski definition) is 0. The van der Waals surface area contributed by atoms with Gasteiger partial charge in [0.1, 0.15) is 5.82 Å². The molecule has 17 heavy (non-hydrogen) atoms. The summed E-state index contributed by atoms with van der Waals surface area (Å²) in [6.07, 6.45) is 7.26. The lowest BCUT2D eigenvalue weighted by Crippen LogP contribution is -2.42. The van der Waals surface area contributed by atoms with E-state index in [1.807, 2.05) is 4.90 Å². The van der Waals surface area contributed by atoms with Crippen molar-refractivity contribution in [3.05, 3.63) is 47.8 Å². The standard InChI is InChI=1S/C14H14FNO/c15-11-4-1-3-10(9-11)14(17)16-12-5-2-6-13(16)8-7-12/h1-5,9,12-13H,6-8H2. The van der Waals surface area contributed by atoms with Crippen LogP contribution >= 0.6 is 0 Å². The van der Waals surface area contributed by atoms with Crippen molar-refractivity contribution in [1.82, 2.24) is 4.90 Å². The normalized spacial score (nSPS) is 26.3. The minimum absolute atomic E-state index is 0.0404. The van der Waals surface area contributed by atoms with Gasteiger partial charge in [0, 0.05) is 11.6 Å². The first-order valence-corrected chi connectivity index (χ1v) is 6.00. The van der Waals surface area contributed by atoms with Gasteiger partial charge in [-0.1, -0.05) is 18.2 Å². The van der Waals surface area contributed by atoms with Gasteiger partial charge in [0.15, 0.2) is 0 Å². The Morgan fingerprint density at radius 2 is 2.24 bits per heavy atom. The Labute approximate surface area is 99.7 Å². The molecule has 0 spiro atoms. The van der Waals surface area contributed by atoms with Crippen molar-refractivity contribution in [3.63, 3.8) is 0 Å². The van der Waals surface area contributed by atoms with E-state index >= 15 is 0 Å². The third-order valence-electron chi connectivity index (χ3n) is 3.62. The molecule has 2 atom stereocenters. The minimum Gasteiger partial charge on any atom is -0.329 e. The molecule has 2 aliphatic rings. The first-order chi connectivity index (χ1) is 8.25. The van der Waals surface area contributed by atoms with E-state index in [2.05, 4.69) is 12.2 Å². The molecule has 0 saturated carbocycles. The van der Waals surface area contributed by atoms with Crippen molar-refractivity contribution in [1.29, 1.82) is 0 Å². The Morgan fingerprint density at radius 1 is 1.35 bits per heavy atom. The molecule has 3 rings (SSSR count). The summed E-state index contributed by atoms with van der Waals surface area (Å²) >= 11 is 0. The molecule has 0 radical (unpaired) electrons. The maximum atomic E-state index is 13.1. The molecule has 1 aromatic carbocycles. The number of amides is 1. The summed E-state index contributed by atoms with van der Waals surface area (Å²) in [6.45, 7) is 0. The van der Waals surface area contributed by atoms with E-state index in [0.717, 1.165) is 19.3 Å². The van der Waals surface area contributed by atoms with Crippen molar-refractivity contribution < 1.29 is 9.18 Å². The zero-order valence-electron chi connectivity index (χ0n) is 9.47. The monoisotopic (exact) mass is 231 g/mol. The lowest BCUT2D eigenvalue weighted by molar-refractivity contribution is 0.0688. The fraction of sp³-hybridized carbons (Fsp3) is 0.357. The highest BCUT2D eigenvalue weighted by Gasteiger charge is 2.37. The number of rotatable bonds is 1. The number of halogens is 1. The van der Waals surface area contributed by atoms with Crippen LogP contribution in [0.1, 0.15) is 29.6 Å². The van der Waals surface area contributed by atoms with Gasteiger partial charge >= 0.3 is 0 Å². The van der Waals surface area contributed by atoms with Gasteiger partial charge in [-0.3, -0.25) is 4.79 Å². The fourth-order valence-electron chi connectivity index (χ4n) is 2.81. The number of carbonyl (C=O) groups is 1. The maximum absolute atomic E-state index is 13.1. The summed E-state index contributed by atoms with van der Waals surface area (Å²) in [5.74, 6) is -0.392. The van der Waals surface area contributed by atoms with Crippen LogP contribution in [0.2, 0.25) is 0 Å². The smallest absolute Gasteiger partial charge is 0.254 e. The van der Waals surface area contributed by atoms with Crippen LogP contribution in [-0.4, -0.2) is 22.9 Å². The topological polar surface area (TPSA) is 20.3 Å². The molecule has 2 nitrogen and oxygen atoms in total. The van der Waals surface area contributed by atoms with Crippen LogP contribution in [0.15, 0.2) is 36.4 Å². The largest absolute Gasteiger partial charge is 0.329 e. The average molecular weight is 231 g/mol. The fourth-order valence-corrected chi connectivity index (χ4v) is 2.81. The van der Waals surface area contributed by atoms with E-state index in [9.17, 15) is 9.18 Å². The zero-order valence-corrected chi connectivity index (χ0v) is 9.47. The molecular weight excluding hydrogens is 217 g/mol. The predicted molar refractivity (Wildman–Crippen MR) is 63.1 cm³/mol. The lowest BCUT2D eigenvalue weighted by Gasteiger charge is -2.31. The Kier molecular flexibility index (Phi) is 2.46. The van der Waals surface area contributed by atoms with E-state index in [4.69, 9.17) is 0 Å². The van der Waals surface area contributed by atoms with E-state index in [1.54, 1.807) is 12.1 Å². The summed E-state index contributed by atoms with van der Waals surface area (Å²) < 4.78 is 13.1. The third kappa shape index (κ3) is 1.75. The second-order valence-electron chi connectivity index (χ2n) is 4.69. The van der Waals surface area contributed by atoms with Gasteiger partial charge in [0.2, 0.25) is 0 Å². The summed E-state index contributed by atoms with van der Waals surface area (Å²) in [7, 11) is 0. The summed E-state index contributed by atoms with van der Waals surface area (Å²) in [4.78, 5) is 14.2. The van der Waals surface area contributed by atoms with Crippen LogP contribution in [0, 0.1) is 5.82 Å². The van der Waals surface area contributed by atoms with Crippen LogP contribution in [0.25, 0.3) is 0 Å². The number of hydrogen-bond acceptors (Lipinski definition) is 1. The molecule has 2 heterocycles. The van der Waals surface area contributed by atoms with E-state index < -0.39 is 0 Å². The average Bonchev–Trinajstić information content (AvgIpc) is 2.58. The molecule has 2 aliphatic heterocycles. The second kappa shape index (κ2) is 3.99. The number of nitrogens with zero attached hydrogens (tertiary/aromatic N) is 1. The highest BCUT2D eigenvalue weighted by atomic mass is 19.1. The van der Waals surface area contributed by atoms with Gasteiger partial charge in [-0.25, -0.2) is 4.39 Å².